The molecule has 4 rings (SSSR count). The maximum Gasteiger partial charge on any atom is 0.350 e. The Hall–Kier alpha value is -3.98. The molecule has 198 valence electrons. The molecule has 1 aliphatic rings. The van der Waals surface area contributed by atoms with Gasteiger partial charge in [-0.3, -0.25) is 14.5 Å². The van der Waals surface area contributed by atoms with Crippen LogP contribution in [-0.2, 0) is 14.3 Å². The molecule has 1 N–H and O–H groups in total. The molecule has 1 aliphatic heterocycles. The summed E-state index contributed by atoms with van der Waals surface area (Å²) in [6.45, 7) is 8.10. The van der Waals surface area contributed by atoms with Crippen molar-refractivity contribution in [3.8, 4) is 5.75 Å². The van der Waals surface area contributed by atoms with Crippen molar-refractivity contribution in [2.75, 3.05) is 18.6 Å². The molecule has 0 aliphatic carbocycles. The SMILES string of the molecule is CCCCOc1ccc(C(O)=C2C(=O)C(=O)N(c3nc(C)c(C(=O)OC)s3)C2c2ccc(C)cc2)cc1C. The van der Waals surface area contributed by atoms with Crippen LogP contribution in [0.1, 0.15) is 63.4 Å². The number of ketones is 1. The second kappa shape index (κ2) is 11.2. The molecule has 1 saturated heterocycles. The molecule has 1 fully saturated rings. The number of amides is 1. The average molecular weight is 535 g/mol. The first-order valence-corrected chi connectivity index (χ1v) is 13.2. The van der Waals surface area contributed by atoms with Crippen LogP contribution >= 0.6 is 11.3 Å². The summed E-state index contributed by atoms with van der Waals surface area (Å²) in [6, 6.07) is 11.6. The normalized spacial score (nSPS) is 16.7. The van der Waals surface area contributed by atoms with Gasteiger partial charge < -0.3 is 14.6 Å². The maximum atomic E-state index is 13.4. The number of hydrogen-bond acceptors (Lipinski definition) is 8. The standard InChI is InChI=1S/C29H30N2O6S/c1-6-7-14-37-21-13-12-20(15-17(21)3)24(32)22-23(19-10-8-16(2)9-11-19)31(27(34)25(22)33)29-30-18(4)26(38-29)28(35)36-5/h8-13,15,23,32H,6-7,14H2,1-5H3. The minimum Gasteiger partial charge on any atom is -0.507 e. The van der Waals surface area contributed by atoms with E-state index in [-0.39, 0.29) is 21.3 Å². The number of aliphatic hydroxyl groups is 1. The third kappa shape index (κ3) is 5.06. The smallest absolute Gasteiger partial charge is 0.350 e. The topological polar surface area (TPSA) is 106 Å². The number of Topliss-reactive ketones (excluding diaryl/α,β-unsaturated/α-hetero) is 1. The minimum atomic E-state index is -0.938. The molecule has 1 amide bonds. The van der Waals surface area contributed by atoms with Gasteiger partial charge in [0.15, 0.2) is 5.13 Å². The van der Waals surface area contributed by atoms with Crippen LogP contribution in [0.3, 0.4) is 0 Å². The quantitative estimate of drug-likeness (QED) is 0.131. The fraction of sp³-hybridized carbons (Fsp3) is 0.310. The lowest BCUT2D eigenvalue weighted by Crippen LogP contribution is -2.29. The van der Waals surface area contributed by atoms with Gasteiger partial charge in [-0.15, -0.1) is 0 Å². The fourth-order valence-electron chi connectivity index (χ4n) is 4.30. The molecule has 3 aromatic rings. The molecule has 38 heavy (non-hydrogen) atoms. The van der Waals surface area contributed by atoms with Crippen molar-refractivity contribution in [2.45, 2.75) is 46.6 Å². The molecule has 8 nitrogen and oxygen atoms in total. The molecule has 1 atom stereocenters. The van der Waals surface area contributed by atoms with Crippen molar-refractivity contribution in [1.82, 2.24) is 4.98 Å². The highest BCUT2D eigenvalue weighted by Gasteiger charge is 2.48. The number of unbranched alkanes of at least 4 members (excludes halogenated alkanes) is 1. The van der Waals surface area contributed by atoms with Crippen molar-refractivity contribution < 1.29 is 29.0 Å². The Bertz CT molecular complexity index is 1420. The number of anilines is 1. The highest BCUT2D eigenvalue weighted by Crippen LogP contribution is 2.44. The highest BCUT2D eigenvalue weighted by atomic mass is 32.1. The first-order valence-electron chi connectivity index (χ1n) is 12.3. The lowest BCUT2D eigenvalue weighted by molar-refractivity contribution is -0.132. The van der Waals surface area contributed by atoms with Crippen LogP contribution in [0.25, 0.3) is 5.76 Å². The molecule has 9 heteroatoms. The zero-order chi connectivity index (χ0) is 27.6. The Morgan fingerprint density at radius 2 is 1.82 bits per heavy atom. The van der Waals surface area contributed by atoms with Crippen LogP contribution in [-0.4, -0.2) is 41.5 Å². The Morgan fingerprint density at radius 3 is 2.45 bits per heavy atom. The van der Waals surface area contributed by atoms with Gasteiger partial charge in [0.05, 0.1) is 31.0 Å². The van der Waals surface area contributed by atoms with E-state index in [1.165, 1.54) is 12.0 Å². The molecule has 1 aromatic heterocycles. The van der Waals surface area contributed by atoms with Gasteiger partial charge >= 0.3 is 11.9 Å². The van der Waals surface area contributed by atoms with E-state index in [0.717, 1.165) is 35.3 Å². The lowest BCUT2D eigenvalue weighted by atomic mass is 9.94. The van der Waals surface area contributed by atoms with E-state index in [1.54, 1.807) is 25.1 Å². The number of aryl methyl sites for hydroxylation is 3. The van der Waals surface area contributed by atoms with E-state index in [4.69, 9.17) is 9.47 Å². The summed E-state index contributed by atoms with van der Waals surface area (Å²) in [5.41, 5.74) is 3.15. The summed E-state index contributed by atoms with van der Waals surface area (Å²) in [5.74, 6) is -1.84. The third-order valence-corrected chi connectivity index (χ3v) is 7.54. The van der Waals surface area contributed by atoms with Crippen molar-refractivity contribution >= 4 is 39.9 Å². The van der Waals surface area contributed by atoms with Gasteiger partial charge in [-0.25, -0.2) is 9.78 Å². The first-order chi connectivity index (χ1) is 18.2. The number of thiazole rings is 1. The summed E-state index contributed by atoms with van der Waals surface area (Å²) in [4.78, 5) is 44.9. The average Bonchev–Trinajstić information content (AvgIpc) is 3.41. The van der Waals surface area contributed by atoms with E-state index in [1.807, 2.05) is 38.1 Å². The molecule has 0 bridgehead atoms. The van der Waals surface area contributed by atoms with E-state index in [9.17, 15) is 19.5 Å². The number of esters is 1. The number of carbonyl (C=O) groups is 3. The first kappa shape index (κ1) is 27.1. The molecular weight excluding hydrogens is 504 g/mol. The summed E-state index contributed by atoms with van der Waals surface area (Å²) in [7, 11) is 1.27. The Balaban J connectivity index is 1.84. The lowest BCUT2D eigenvalue weighted by Gasteiger charge is -2.23. The molecule has 0 spiro atoms. The van der Waals surface area contributed by atoms with Crippen molar-refractivity contribution in [3.63, 3.8) is 0 Å². The molecule has 2 heterocycles. The van der Waals surface area contributed by atoms with Gasteiger partial charge in [-0.2, -0.15) is 0 Å². The van der Waals surface area contributed by atoms with Crippen LogP contribution in [0.15, 0.2) is 48.0 Å². The Kier molecular flexibility index (Phi) is 7.97. The summed E-state index contributed by atoms with van der Waals surface area (Å²) in [5, 5.41) is 11.6. The molecular formula is C29H30N2O6S. The number of methoxy groups -OCH3 is 1. The number of ether oxygens (including phenoxy) is 2. The highest BCUT2D eigenvalue weighted by molar-refractivity contribution is 7.17. The van der Waals surface area contributed by atoms with E-state index in [2.05, 4.69) is 11.9 Å². The number of aliphatic hydroxyl groups excluding tert-OH is 1. The largest absolute Gasteiger partial charge is 0.507 e. The van der Waals surface area contributed by atoms with Crippen LogP contribution in [0.4, 0.5) is 5.13 Å². The summed E-state index contributed by atoms with van der Waals surface area (Å²) >= 11 is 0.967. The van der Waals surface area contributed by atoms with Crippen LogP contribution < -0.4 is 9.64 Å². The van der Waals surface area contributed by atoms with Gasteiger partial charge in [-0.1, -0.05) is 54.5 Å². The Labute approximate surface area is 225 Å². The monoisotopic (exact) mass is 534 g/mol. The van der Waals surface area contributed by atoms with Crippen molar-refractivity contribution in [1.29, 1.82) is 0 Å². The molecule has 1 unspecified atom stereocenters. The van der Waals surface area contributed by atoms with Gasteiger partial charge in [0.1, 0.15) is 16.4 Å². The second-order valence-electron chi connectivity index (χ2n) is 9.16. The predicted octanol–water partition coefficient (Wildman–Crippen LogP) is 5.66. The van der Waals surface area contributed by atoms with E-state index < -0.39 is 23.7 Å². The van der Waals surface area contributed by atoms with Gasteiger partial charge in [-0.05, 0) is 56.5 Å². The predicted molar refractivity (Wildman–Crippen MR) is 146 cm³/mol. The van der Waals surface area contributed by atoms with E-state index >= 15 is 0 Å². The third-order valence-electron chi connectivity index (χ3n) is 6.40. The number of carbonyl (C=O) groups excluding carboxylic acids is 3. The molecule has 2 aromatic carbocycles. The number of hydrogen-bond donors (Lipinski definition) is 1. The Morgan fingerprint density at radius 1 is 1.11 bits per heavy atom. The zero-order valence-corrected chi connectivity index (χ0v) is 22.8. The summed E-state index contributed by atoms with van der Waals surface area (Å²) in [6.07, 6.45) is 1.94. The van der Waals surface area contributed by atoms with Crippen LogP contribution in [0.2, 0.25) is 0 Å². The van der Waals surface area contributed by atoms with E-state index in [0.29, 0.717) is 29.2 Å². The number of benzene rings is 2. The maximum absolute atomic E-state index is 13.4. The molecule has 0 radical (unpaired) electrons. The van der Waals surface area contributed by atoms with Crippen molar-refractivity contribution in [2.24, 2.45) is 0 Å². The van der Waals surface area contributed by atoms with Gasteiger partial charge in [0.2, 0.25) is 0 Å². The fourth-order valence-corrected chi connectivity index (χ4v) is 5.31. The summed E-state index contributed by atoms with van der Waals surface area (Å²) < 4.78 is 10.7. The second-order valence-corrected chi connectivity index (χ2v) is 10.1. The number of nitrogens with zero attached hydrogens (tertiary/aromatic N) is 2. The van der Waals surface area contributed by atoms with Gasteiger partial charge in [0.25, 0.3) is 5.78 Å². The van der Waals surface area contributed by atoms with Crippen LogP contribution in [0, 0.1) is 20.8 Å². The minimum absolute atomic E-state index is 0.0506. The van der Waals surface area contributed by atoms with Crippen molar-refractivity contribution in [3.05, 3.63) is 80.9 Å². The zero-order valence-electron chi connectivity index (χ0n) is 22.0. The molecule has 0 saturated carbocycles. The van der Waals surface area contributed by atoms with Gasteiger partial charge in [0, 0.05) is 5.56 Å². The van der Waals surface area contributed by atoms with Crippen LogP contribution in [0.5, 0.6) is 5.75 Å². The number of aromatic nitrogens is 1. The number of rotatable bonds is 8.